The standard InChI is InChI=1S/C32H29F2N5O8/c33-23-7-18(38-11-20(47-31(38)43)10-36-6-5-35-16-36)3-4-25(23)46-15-32(44)9-19-13-45-29-26-21(8-24(34)27(29)39(19)14-32)28(40)22(30(41)42)12-37(26)17-1-2-17/h3-8,12,16-17,19-20,44H,1-2,9-11,13-15H2,(H,41,42)/t19-,20+,32-/m0/s1. The lowest BCUT2D eigenvalue weighted by atomic mass is 10.0. The average Bonchev–Trinajstić information content (AvgIpc) is 3.45. The summed E-state index contributed by atoms with van der Waals surface area (Å²) in [5.41, 5.74) is -2.07. The first-order chi connectivity index (χ1) is 22.6. The molecule has 1 amide bonds. The molecular weight excluding hydrogens is 620 g/mol. The number of carboxylic acid groups (broad SMARTS) is 1. The smallest absolute Gasteiger partial charge is 0.414 e. The number of carboxylic acids is 1. The molecule has 2 saturated heterocycles. The average molecular weight is 650 g/mol. The van der Waals surface area contributed by atoms with E-state index in [1.165, 1.54) is 23.2 Å². The zero-order chi connectivity index (χ0) is 32.6. The van der Waals surface area contributed by atoms with Crippen LogP contribution >= 0.6 is 0 Å². The Balaban J connectivity index is 1.01. The van der Waals surface area contributed by atoms with Crippen molar-refractivity contribution in [1.29, 1.82) is 0 Å². The van der Waals surface area contributed by atoms with E-state index in [1.54, 1.807) is 32.8 Å². The van der Waals surface area contributed by atoms with Crippen LogP contribution in [0.2, 0.25) is 0 Å². The van der Waals surface area contributed by atoms with E-state index in [0.29, 0.717) is 17.7 Å². The number of imidazole rings is 1. The van der Waals surface area contributed by atoms with Gasteiger partial charge in [-0.3, -0.25) is 9.69 Å². The molecule has 4 aromatic rings. The fourth-order valence-corrected chi connectivity index (χ4v) is 6.84. The van der Waals surface area contributed by atoms with Gasteiger partial charge in [0, 0.05) is 37.1 Å². The second-order valence-electron chi connectivity index (χ2n) is 12.5. The summed E-state index contributed by atoms with van der Waals surface area (Å²) in [5, 5.41) is 21.0. The Labute approximate surface area is 265 Å². The Morgan fingerprint density at radius 1 is 1.15 bits per heavy atom. The van der Waals surface area contributed by atoms with Crippen molar-refractivity contribution in [2.75, 3.05) is 36.1 Å². The second kappa shape index (κ2) is 10.7. The Hall–Kier alpha value is -5.18. The third-order valence-corrected chi connectivity index (χ3v) is 9.17. The fraction of sp³-hybridized carbons (Fsp3) is 0.375. The molecule has 2 aromatic carbocycles. The van der Waals surface area contributed by atoms with Gasteiger partial charge in [0.25, 0.3) is 0 Å². The maximum Gasteiger partial charge on any atom is 0.414 e. The Morgan fingerprint density at radius 2 is 1.98 bits per heavy atom. The number of pyridine rings is 1. The first kappa shape index (κ1) is 29.2. The predicted molar refractivity (Wildman–Crippen MR) is 161 cm³/mol. The molecular formula is C32H29F2N5O8. The number of ether oxygens (including phenoxy) is 3. The molecule has 0 bridgehead atoms. The van der Waals surface area contributed by atoms with E-state index < -0.39 is 52.4 Å². The van der Waals surface area contributed by atoms with Gasteiger partial charge in [0.2, 0.25) is 5.43 Å². The number of amides is 1. The van der Waals surface area contributed by atoms with E-state index >= 15 is 8.78 Å². The highest BCUT2D eigenvalue weighted by atomic mass is 19.1. The van der Waals surface area contributed by atoms with Crippen molar-refractivity contribution in [2.24, 2.45) is 0 Å². The van der Waals surface area contributed by atoms with Crippen molar-refractivity contribution in [2.45, 2.75) is 49.6 Å². The third-order valence-electron chi connectivity index (χ3n) is 9.17. The summed E-state index contributed by atoms with van der Waals surface area (Å²) in [6.45, 7) is 0.331. The Morgan fingerprint density at radius 3 is 2.70 bits per heavy atom. The summed E-state index contributed by atoms with van der Waals surface area (Å²) in [4.78, 5) is 44.2. The molecule has 1 aliphatic carbocycles. The number of benzene rings is 2. The molecule has 13 nitrogen and oxygen atoms in total. The van der Waals surface area contributed by atoms with Gasteiger partial charge in [0.1, 0.15) is 36.2 Å². The van der Waals surface area contributed by atoms with Crippen LogP contribution in [0.25, 0.3) is 10.9 Å². The first-order valence-corrected chi connectivity index (χ1v) is 15.2. The van der Waals surface area contributed by atoms with Crippen LogP contribution in [0.3, 0.4) is 0 Å². The van der Waals surface area contributed by atoms with Crippen molar-refractivity contribution in [3.8, 4) is 11.5 Å². The molecule has 3 fully saturated rings. The van der Waals surface area contributed by atoms with Crippen LogP contribution in [0.4, 0.5) is 25.0 Å². The fourth-order valence-electron chi connectivity index (χ4n) is 6.84. The van der Waals surface area contributed by atoms with Crippen LogP contribution in [0.1, 0.15) is 35.7 Å². The van der Waals surface area contributed by atoms with Crippen LogP contribution in [-0.4, -0.2) is 80.4 Å². The number of hydrogen-bond donors (Lipinski definition) is 2. The summed E-state index contributed by atoms with van der Waals surface area (Å²) in [6.07, 6.45) is 6.93. The van der Waals surface area contributed by atoms with E-state index in [2.05, 4.69) is 4.98 Å². The highest BCUT2D eigenvalue weighted by molar-refractivity contribution is 5.97. The van der Waals surface area contributed by atoms with E-state index in [1.807, 2.05) is 0 Å². The van der Waals surface area contributed by atoms with Crippen molar-refractivity contribution >= 4 is 34.3 Å². The minimum atomic E-state index is -1.51. The molecule has 244 valence electrons. The first-order valence-electron chi connectivity index (χ1n) is 15.2. The van der Waals surface area contributed by atoms with E-state index in [-0.39, 0.29) is 61.3 Å². The number of fused-ring (bicyclic) bond motifs is 5. The van der Waals surface area contributed by atoms with Crippen LogP contribution in [-0.2, 0) is 11.3 Å². The molecule has 5 heterocycles. The van der Waals surface area contributed by atoms with Gasteiger partial charge in [-0.1, -0.05) is 0 Å². The maximum absolute atomic E-state index is 15.7. The zero-order valence-corrected chi connectivity index (χ0v) is 24.8. The molecule has 15 heteroatoms. The van der Waals surface area contributed by atoms with Gasteiger partial charge in [-0.05, 0) is 31.0 Å². The molecule has 47 heavy (non-hydrogen) atoms. The molecule has 4 aliphatic rings. The van der Waals surface area contributed by atoms with Gasteiger partial charge in [-0.2, -0.15) is 0 Å². The van der Waals surface area contributed by atoms with Crippen molar-refractivity contribution < 1.29 is 42.8 Å². The molecule has 3 atom stereocenters. The number of anilines is 2. The minimum Gasteiger partial charge on any atom is -0.487 e. The van der Waals surface area contributed by atoms with Gasteiger partial charge < -0.3 is 38.5 Å². The van der Waals surface area contributed by atoms with Gasteiger partial charge in [-0.15, -0.1) is 0 Å². The van der Waals surface area contributed by atoms with E-state index in [9.17, 15) is 24.6 Å². The summed E-state index contributed by atoms with van der Waals surface area (Å²) >= 11 is 0. The van der Waals surface area contributed by atoms with Crippen molar-refractivity contribution in [3.05, 3.63) is 76.6 Å². The topological polar surface area (TPSA) is 149 Å². The molecule has 0 unspecified atom stereocenters. The summed E-state index contributed by atoms with van der Waals surface area (Å²) < 4.78 is 51.6. The molecule has 0 spiro atoms. The Kier molecular flexibility index (Phi) is 6.65. The van der Waals surface area contributed by atoms with Crippen molar-refractivity contribution in [1.82, 2.24) is 14.1 Å². The van der Waals surface area contributed by atoms with Gasteiger partial charge >= 0.3 is 12.1 Å². The zero-order valence-electron chi connectivity index (χ0n) is 24.8. The highest BCUT2D eigenvalue weighted by Gasteiger charge is 2.48. The van der Waals surface area contributed by atoms with Gasteiger partial charge in [0.15, 0.2) is 23.1 Å². The predicted octanol–water partition coefficient (Wildman–Crippen LogP) is 3.32. The number of aromatic carboxylic acids is 1. The third kappa shape index (κ3) is 5.01. The lowest BCUT2D eigenvalue weighted by Gasteiger charge is -2.34. The van der Waals surface area contributed by atoms with Crippen molar-refractivity contribution in [3.63, 3.8) is 0 Å². The summed E-state index contributed by atoms with van der Waals surface area (Å²) in [5.74, 6) is -2.92. The number of nitrogens with zero attached hydrogens (tertiary/aromatic N) is 5. The number of cyclic esters (lactones) is 1. The van der Waals surface area contributed by atoms with Crippen LogP contribution < -0.4 is 24.7 Å². The number of aromatic nitrogens is 3. The van der Waals surface area contributed by atoms with Gasteiger partial charge in [-0.25, -0.2) is 23.4 Å². The molecule has 0 radical (unpaired) electrons. The number of aliphatic hydroxyl groups is 1. The molecule has 8 rings (SSSR count). The molecule has 2 N–H and O–H groups in total. The lowest BCUT2D eigenvalue weighted by molar-refractivity contribution is 0.00980. The van der Waals surface area contributed by atoms with Crippen LogP contribution in [0.15, 0.2) is 54.0 Å². The van der Waals surface area contributed by atoms with E-state index in [4.69, 9.17) is 14.2 Å². The number of carbonyl (C=O) groups excluding carboxylic acids is 1. The largest absolute Gasteiger partial charge is 0.487 e. The van der Waals surface area contributed by atoms with Crippen LogP contribution in [0, 0.1) is 11.6 Å². The number of rotatable bonds is 8. The lowest BCUT2D eigenvalue weighted by Crippen LogP contribution is -2.41. The van der Waals surface area contributed by atoms with Gasteiger partial charge in [0.05, 0.1) is 48.6 Å². The minimum absolute atomic E-state index is 0.0443. The van der Waals surface area contributed by atoms with Crippen LogP contribution in [0.5, 0.6) is 11.5 Å². The quantitative estimate of drug-likeness (QED) is 0.291. The molecule has 3 aliphatic heterocycles. The summed E-state index contributed by atoms with van der Waals surface area (Å²) in [7, 11) is 0. The summed E-state index contributed by atoms with van der Waals surface area (Å²) in [6, 6.07) is 4.62. The number of halogens is 2. The van der Waals surface area contributed by atoms with E-state index in [0.717, 1.165) is 25.0 Å². The SMILES string of the molecule is O=C(O)c1cn(C2CC2)c2c3c(c(F)cc2c1=O)N1C[C@](O)(COc2ccc(N4C[C@@H](Cn5ccnc5)OC4=O)cc2F)C[C@H]1CO3. The molecule has 2 aromatic heterocycles. The Bertz CT molecular complexity index is 2000. The number of carbonyl (C=O) groups is 2. The number of hydrogen-bond acceptors (Lipinski definition) is 9. The highest BCUT2D eigenvalue weighted by Crippen LogP contribution is 2.48. The molecule has 1 saturated carbocycles. The normalized spacial score (nSPS) is 23.4. The second-order valence-corrected chi connectivity index (χ2v) is 12.5. The maximum atomic E-state index is 15.7. The monoisotopic (exact) mass is 649 g/mol.